The second-order valence-corrected chi connectivity index (χ2v) is 6.37. The van der Waals surface area contributed by atoms with Crippen molar-refractivity contribution >= 4 is 11.4 Å². The Labute approximate surface area is 151 Å². The first kappa shape index (κ1) is 19.0. The Morgan fingerprint density at radius 3 is 2.24 bits per heavy atom. The molecule has 0 radical (unpaired) electrons. The van der Waals surface area contributed by atoms with E-state index in [1.54, 1.807) is 0 Å². The second kappa shape index (κ2) is 10.5. The minimum atomic E-state index is 0.669. The monoisotopic (exact) mass is 342 g/mol. The van der Waals surface area contributed by atoms with E-state index in [1.807, 2.05) is 43.3 Å². The minimum absolute atomic E-state index is 0.669. The number of rotatable bonds is 11. The van der Waals surface area contributed by atoms with Gasteiger partial charge in [-0.25, -0.2) is 0 Å². The lowest BCUT2D eigenvalue weighted by Gasteiger charge is -2.11. The average molecular weight is 342 g/mol. The van der Waals surface area contributed by atoms with Gasteiger partial charge in [0.25, 0.3) is 0 Å². The van der Waals surface area contributed by atoms with Gasteiger partial charge in [0.2, 0.25) is 0 Å². The van der Waals surface area contributed by atoms with E-state index in [1.165, 1.54) is 0 Å². The van der Waals surface area contributed by atoms with Crippen LogP contribution in [-0.4, -0.2) is 26.3 Å². The Hall–Kier alpha value is -2.36. The lowest BCUT2D eigenvalue weighted by Crippen LogP contribution is -2.13. The lowest BCUT2D eigenvalue weighted by atomic mass is 10.1. The summed E-state index contributed by atoms with van der Waals surface area (Å²) in [6.45, 7) is 9.53. The number of benzene rings is 2. The largest absolute Gasteiger partial charge is 0.494 e. The summed E-state index contributed by atoms with van der Waals surface area (Å²) in [6, 6.07) is 16.2. The van der Waals surface area contributed by atoms with Crippen molar-refractivity contribution in [1.82, 2.24) is 0 Å². The predicted molar refractivity (Wildman–Crippen MR) is 106 cm³/mol. The first-order chi connectivity index (χ1) is 12.2. The number of nitrogens with one attached hydrogen (secondary N) is 2. The van der Waals surface area contributed by atoms with Crippen molar-refractivity contribution < 1.29 is 9.47 Å². The highest BCUT2D eigenvalue weighted by molar-refractivity contribution is 5.49. The molecule has 2 rings (SSSR count). The van der Waals surface area contributed by atoms with Gasteiger partial charge in [0.15, 0.2) is 0 Å². The Bertz CT molecular complexity index is 612. The Kier molecular flexibility index (Phi) is 7.96. The van der Waals surface area contributed by atoms with Crippen LogP contribution < -0.4 is 20.1 Å². The number of anilines is 2. The van der Waals surface area contributed by atoms with Crippen molar-refractivity contribution in [3.63, 3.8) is 0 Å². The van der Waals surface area contributed by atoms with E-state index in [0.717, 1.165) is 49.0 Å². The maximum atomic E-state index is 5.73. The van der Waals surface area contributed by atoms with Crippen molar-refractivity contribution in [3.8, 4) is 11.5 Å². The maximum absolute atomic E-state index is 5.73. The summed E-state index contributed by atoms with van der Waals surface area (Å²) in [5, 5.41) is 6.80. The van der Waals surface area contributed by atoms with Gasteiger partial charge < -0.3 is 20.1 Å². The van der Waals surface area contributed by atoms with Crippen molar-refractivity contribution in [3.05, 3.63) is 48.5 Å². The molecule has 0 bridgehead atoms. The number of hydrogen-bond donors (Lipinski definition) is 2. The Balaban J connectivity index is 1.68. The van der Waals surface area contributed by atoms with Crippen molar-refractivity contribution in [2.24, 2.45) is 5.92 Å². The molecule has 0 saturated carbocycles. The molecular formula is C21H30N2O2. The first-order valence-corrected chi connectivity index (χ1v) is 9.11. The zero-order valence-corrected chi connectivity index (χ0v) is 15.5. The fraction of sp³-hybridized carbons (Fsp3) is 0.429. The molecule has 0 unspecified atom stereocenters. The van der Waals surface area contributed by atoms with E-state index in [9.17, 15) is 0 Å². The van der Waals surface area contributed by atoms with Crippen LogP contribution in [0, 0.1) is 5.92 Å². The van der Waals surface area contributed by atoms with Gasteiger partial charge in [-0.1, -0.05) is 19.9 Å². The zero-order chi connectivity index (χ0) is 17.9. The normalized spacial score (nSPS) is 10.6. The molecule has 0 amide bonds. The van der Waals surface area contributed by atoms with Gasteiger partial charge in [-0.2, -0.15) is 0 Å². The molecule has 0 aliphatic heterocycles. The minimum Gasteiger partial charge on any atom is -0.494 e. The molecule has 0 aliphatic carbocycles. The van der Waals surface area contributed by atoms with Crippen molar-refractivity contribution in [2.75, 3.05) is 36.9 Å². The molecule has 2 N–H and O–H groups in total. The summed E-state index contributed by atoms with van der Waals surface area (Å²) < 4.78 is 11.2. The van der Waals surface area contributed by atoms with E-state index in [4.69, 9.17) is 9.47 Å². The maximum Gasteiger partial charge on any atom is 0.121 e. The molecule has 0 aliphatic rings. The van der Waals surface area contributed by atoms with Gasteiger partial charge in [-0.05, 0) is 55.7 Å². The summed E-state index contributed by atoms with van der Waals surface area (Å²) in [6.07, 6.45) is 1.08. The predicted octanol–water partition coefficient (Wildman–Crippen LogP) is 5.03. The molecule has 0 heterocycles. The molecular weight excluding hydrogens is 312 g/mol. The van der Waals surface area contributed by atoms with E-state index in [2.05, 4.69) is 36.6 Å². The lowest BCUT2D eigenvalue weighted by molar-refractivity contribution is 0.289. The van der Waals surface area contributed by atoms with E-state index < -0.39 is 0 Å². The smallest absolute Gasteiger partial charge is 0.121 e. The molecule has 0 atom stereocenters. The molecule has 2 aromatic carbocycles. The molecule has 4 heteroatoms. The third-order valence-electron chi connectivity index (χ3n) is 3.75. The highest BCUT2D eigenvalue weighted by Crippen LogP contribution is 2.18. The van der Waals surface area contributed by atoms with Crippen molar-refractivity contribution in [2.45, 2.75) is 27.2 Å². The molecule has 0 saturated heterocycles. The van der Waals surface area contributed by atoms with E-state index in [-0.39, 0.29) is 0 Å². The van der Waals surface area contributed by atoms with Gasteiger partial charge in [0, 0.05) is 30.5 Å². The fourth-order valence-electron chi connectivity index (χ4n) is 2.36. The summed E-state index contributed by atoms with van der Waals surface area (Å²) in [5.41, 5.74) is 2.17. The Morgan fingerprint density at radius 2 is 1.56 bits per heavy atom. The SMILES string of the molecule is CCOc1cccc(NCCNc2ccc(OCCC(C)C)cc2)c1. The van der Waals surface area contributed by atoms with Crippen LogP contribution in [-0.2, 0) is 0 Å². The molecule has 0 aromatic heterocycles. The summed E-state index contributed by atoms with van der Waals surface area (Å²) in [5.74, 6) is 2.49. The fourth-order valence-corrected chi connectivity index (χ4v) is 2.36. The van der Waals surface area contributed by atoms with Crippen LogP contribution in [0.3, 0.4) is 0 Å². The molecule has 25 heavy (non-hydrogen) atoms. The van der Waals surface area contributed by atoms with Crippen molar-refractivity contribution in [1.29, 1.82) is 0 Å². The second-order valence-electron chi connectivity index (χ2n) is 6.37. The van der Waals surface area contributed by atoms with Gasteiger partial charge >= 0.3 is 0 Å². The summed E-state index contributed by atoms with van der Waals surface area (Å²) in [4.78, 5) is 0. The van der Waals surface area contributed by atoms with Crippen LogP contribution in [0.4, 0.5) is 11.4 Å². The quantitative estimate of drug-likeness (QED) is 0.562. The highest BCUT2D eigenvalue weighted by atomic mass is 16.5. The first-order valence-electron chi connectivity index (χ1n) is 9.11. The van der Waals surface area contributed by atoms with Gasteiger partial charge in [0.05, 0.1) is 13.2 Å². The molecule has 2 aromatic rings. The van der Waals surface area contributed by atoms with Crippen LogP contribution in [0.5, 0.6) is 11.5 Å². The molecule has 4 nitrogen and oxygen atoms in total. The summed E-state index contributed by atoms with van der Waals surface area (Å²) >= 11 is 0. The standard InChI is InChI=1S/C21H30N2O2/c1-4-24-21-7-5-6-19(16-21)23-14-13-22-18-8-10-20(11-9-18)25-15-12-17(2)3/h5-11,16-17,22-23H,4,12-15H2,1-3H3. The van der Waals surface area contributed by atoms with Gasteiger partial charge in [-0.3, -0.25) is 0 Å². The van der Waals surface area contributed by atoms with E-state index >= 15 is 0 Å². The Morgan fingerprint density at radius 1 is 0.840 bits per heavy atom. The zero-order valence-electron chi connectivity index (χ0n) is 15.5. The topological polar surface area (TPSA) is 42.5 Å². The average Bonchev–Trinajstić information content (AvgIpc) is 2.60. The van der Waals surface area contributed by atoms with Crippen LogP contribution in [0.2, 0.25) is 0 Å². The van der Waals surface area contributed by atoms with Gasteiger partial charge in [-0.15, -0.1) is 0 Å². The highest BCUT2D eigenvalue weighted by Gasteiger charge is 1.98. The third kappa shape index (κ3) is 7.38. The number of hydrogen-bond acceptors (Lipinski definition) is 4. The van der Waals surface area contributed by atoms with Gasteiger partial charge in [0.1, 0.15) is 11.5 Å². The van der Waals surface area contributed by atoms with Crippen LogP contribution in [0.15, 0.2) is 48.5 Å². The molecule has 0 fully saturated rings. The molecule has 136 valence electrons. The van der Waals surface area contributed by atoms with Crippen LogP contribution >= 0.6 is 0 Å². The van der Waals surface area contributed by atoms with E-state index in [0.29, 0.717) is 12.5 Å². The number of ether oxygens (including phenoxy) is 2. The molecule has 0 spiro atoms. The van der Waals surface area contributed by atoms with Crippen LogP contribution in [0.1, 0.15) is 27.2 Å². The summed E-state index contributed by atoms with van der Waals surface area (Å²) in [7, 11) is 0. The van der Waals surface area contributed by atoms with Crippen LogP contribution in [0.25, 0.3) is 0 Å². The third-order valence-corrected chi connectivity index (χ3v) is 3.75.